The minimum Gasteiger partial charge on any atom is -0.497 e. The normalized spacial score (nSPS) is 10.8. The van der Waals surface area contributed by atoms with Crippen LogP contribution in [0.25, 0.3) is 0 Å². The van der Waals surface area contributed by atoms with E-state index >= 15 is 0 Å². The minimum absolute atomic E-state index is 0.0824. The lowest BCUT2D eigenvalue weighted by molar-refractivity contribution is -0.123. The van der Waals surface area contributed by atoms with Gasteiger partial charge in [-0.2, -0.15) is 5.10 Å². The van der Waals surface area contributed by atoms with Crippen molar-refractivity contribution < 1.29 is 14.3 Å². The Kier molecular flexibility index (Phi) is 6.37. The minimum atomic E-state index is -0.312. The Morgan fingerprint density at radius 1 is 1.08 bits per heavy atom. The topological polar surface area (TPSA) is 59.9 Å². The van der Waals surface area contributed by atoms with Crippen molar-refractivity contribution in [2.24, 2.45) is 5.10 Å². The maximum atomic E-state index is 11.7. The number of ether oxygens (including phenoxy) is 2. The van der Waals surface area contributed by atoms with Gasteiger partial charge in [-0.25, -0.2) is 5.43 Å². The fourth-order valence-corrected chi connectivity index (χ4v) is 2.00. The predicted octanol–water partition coefficient (Wildman–Crippen LogP) is 3.35. The Morgan fingerprint density at radius 3 is 2.29 bits per heavy atom. The van der Waals surface area contributed by atoms with Crippen molar-refractivity contribution in [3.8, 4) is 11.5 Å². The predicted molar refractivity (Wildman–Crippen MR) is 94.8 cm³/mol. The van der Waals surface area contributed by atoms with E-state index in [1.165, 1.54) is 5.56 Å². The van der Waals surface area contributed by atoms with Crippen LogP contribution in [0.5, 0.6) is 11.5 Å². The molecule has 0 spiro atoms. The van der Waals surface area contributed by atoms with Gasteiger partial charge >= 0.3 is 0 Å². The zero-order valence-electron chi connectivity index (χ0n) is 14.2. The van der Waals surface area contributed by atoms with Crippen LogP contribution < -0.4 is 14.9 Å². The van der Waals surface area contributed by atoms with E-state index in [0.717, 1.165) is 11.3 Å². The maximum absolute atomic E-state index is 11.7. The number of amides is 1. The summed E-state index contributed by atoms with van der Waals surface area (Å²) in [6.45, 7) is 4.18. The molecular formula is C19H22N2O3. The van der Waals surface area contributed by atoms with Crippen molar-refractivity contribution in [3.05, 3.63) is 59.7 Å². The Hall–Kier alpha value is -2.82. The summed E-state index contributed by atoms with van der Waals surface area (Å²) in [5.74, 6) is 1.59. The van der Waals surface area contributed by atoms with Crippen LogP contribution in [0.2, 0.25) is 0 Å². The SMILES string of the molecule is COc1ccc(/C=N\NC(=O)COc2ccc(C(C)C)cc2)cc1. The fraction of sp³-hybridized carbons (Fsp3) is 0.263. The Balaban J connectivity index is 1.77. The Labute approximate surface area is 142 Å². The first kappa shape index (κ1) is 17.5. The van der Waals surface area contributed by atoms with Gasteiger partial charge in [0.1, 0.15) is 11.5 Å². The summed E-state index contributed by atoms with van der Waals surface area (Å²) < 4.78 is 10.5. The van der Waals surface area contributed by atoms with Gasteiger partial charge in [0.15, 0.2) is 6.61 Å². The molecule has 0 aliphatic rings. The van der Waals surface area contributed by atoms with Crippen molar-refractivity contribution >= 4 is 12.1 Å². The van der Waals surface area contributed by atoms with E-state index in [9.17, 15) is 4.79 Å². The first-order chi connectivity index (χ1) is 11.6. The molecule has 2 aromatic rings. The molecule has 126 valence electrons. The van der Waals surface area contributed by atoms with Crippen molar-refractivity contribution in [3.63, 3.8) is 0 Å². The van der Waals surface area contributed by atoms with Crippen LogP contribution in [-0.2, 0) is 4.79 Å². The van der Waals surface area contributed by atoms with Gasteiger partial charge in [0.2, 0.25) is 0 Å². The molecule has 0 atom stereocenters. The summed E-state index contributed by atoms with van der Waals surface area (Å²) in [4.78, 5) is 11.7. The number of carbonyl (C=O) groups excluding carboxylic acids is 1. The second kappa shape index (κ2) is 8.72. The van der Waals surface area contributed by atoms with Gasteiger partial charge in [-0.15, -0.1) is 0 Å². The molecule has 0 fully saturated rings. The van der Waals surface area contributed by atoms with E-state index in [1.54, 1.807) is 13.3 Å². The summed E-state index contributed by atoms with van der Waals surface area (Å²) in [6, 6.07) is 15.1. The molecule has 0 aliphatic carbocycles. The van der Waals surface area contributed by atoms with Crippen LogP contribution in [0, 0.1) is 0 Å². The molecule has 0 heterocycles. The molecule has 0 saturated heterocycles. The van der Waals surface area contributed by atoms with Gasteiger partial charge in [-0.05, 0) is 53.4 Å². The summed E-state index contributed by atoms with van der Waals surface area (Å²) in [5, 5.41) is 3.90. The van der Waals surface area contributed by atoms with Crippen LogP contribution in [-0.4, -0.2) is 25.8 Å². The molecule has 0 aliphatic heterocycles. The van der Waals surface area contributed by atoms with E-state index in [2.05, 4.69) is 24.4 Å². The molecule has 24 heavy (non-hydrogen) atoms. The first-order valence-corrected chi connectivity index (χ1v) is 7.77. The summed E-state index contributed by atoms with van der Waals surface area (Å²) in [6.07, 6.45) is 1.56. The number of nitrogens with zero attached hydrogens (tertiary/aromatic N) is 1. The molecule has 2 rings (SSSR count). The van der Waals surface area contributed by atoms with Crippen LogP contribution in [0.1, 0.15) is 30.9 Å². The third kappa shape index (κ3) is 5.43. The molecule has 1 N–H and O–H groups in total. The lowest BCUT2D eigenvalue weighted by atomic mass is 10.0. The third-order valence-corrected chi connectivity index (χ3v) is 3.44. The van der Waals surface area contributed by atoms with Gasteiger partial charge in [0, 0.05) is 0 Å². The van der Waals surface area contributed by atoms with Crippen molar-refractivity contribution in [1.29, 1.82) is 0 Å². The van der Waals surface area contributed by atoms with Crippen molar-refractivity contribution in [2.45, 2.75) is 19.8 Å². The van der Waals surface area contributed by atoms with Crippen LogP contribution in [0.15, 0.2) is 53.6 Å². The number of benzene rings is 2. The highest BCUT2D eigenvalue weighted by Gasteiger charge is 2.03. The number of hydrogen-bond donors (Lipinski definition) is 1. The molecule has 1 amide bonds. The highest BCUT2D eigenvalue weighted by atomic mass is 16.5. The van der Waals surface area contributed by atoms with Gasteiger partial charge in [0.05, 0.1) is 13.3 Å². The molecule has 0 radical (unpaired) electrons. The molecule has 0 unspecified atom stereocenters. The smallest absolute Gasteiger partial charge is 0.277 e. The summed E-state index contributed by atoms with van der Waals surface area (Å²) in [5.41, 5.74) is 4.53. The highest BCUT2D eigenvalue weighted by molar-refractivity contribution is 5.83. The summed E-state index contributed by atoms with van der Waals surface area (Å²) in [7, 11) is 1.61. The van der Waals surface area contributed by atoms with Gasteiger partial charge < -0.3 is 9.47 Å². The van der Waals surface area contributed by atoms with E-state index in [4.69, 9.17) is 9.47 Å². The molecule has 0 bridgehead atoms. The van der Waals surface area contributed by atoms with Gasteiger partial charge in [0.25, 0.3) is 5.91 Å². The summed E-state index contributed by atoms with van der Waals surface area (Å²) >= 11 is 0. The van der Waals surface area contributed by atoms with Crippen LogP contribution in [0.3, 0.4) is 0 Å². The molecule has 2 aromatic carbocycles. The second-order valence-electron chi connectivity index (χ2n) is 5.58. The third-order valence-electron chi connectivity index (χ3n) is 3.44. The highest BCUT2D eigenvalue weighted by Crippen LogP contribution is 2.18. The number of hydrogen-bond acceptors (Lipinski definition) is 4. The lowest BCUT2D eigenvalue weighted by Crippen LogP contribution is -2.24. The quantitative estimate of drug-likeness (QED) is 0.627. The maximum Gasteiger partial charge on any atom is 0.277 e. The van der Waals surface area contributed by atoms with Gasteiger partial charge in [-0.3, -0.25) is 4.79 Å². The average molecular weight is 326 g/mol. The number of hydrazone groups is 1. The zero-order valence-corrected chi connectivity index (χ0v) is 14.2. The standard InChI is InChI=1S/C19H22N2O3/c1-14(2)16-6-10-18(11-7-16)24-13-19(22)21-20-12-15-4-8-17(23-3)9-5-15/h4-12,14H,13H2,1-3H3,(H,21,22)/b20-12-. The molecular weight excluding hydrogens is 304 g/mol. The molecule has 5 heteroatoms. The first-order valence-electron chi connectivity index (χ1n) is 7.77. The van der Waals surface area contributed by atoms with E-state index in [0.29, 0.717) is 11.7 Å². The molecule has 5 nitrogen and oxygen atoms in total. The number of rotatable bonds is 7. The van der Waals surface area contributed by atoms with Crippen molar-refractivity contribution in [2.75, 3.05) is 13.7 Å². The second-order valence-corrected chi connectivity index (χ2v) is 5.58. The molecule has 0 aromatic heterocycles. The zero-order chi connectivity index (χ0) is 17.4. The van der Waals surface area contributed by atoms with Crippen LogP contribution in [0.4, 0.5) is 0 Å². The van der Waals surface area contributed by atoms with Crippen LogP contribution >= 0.6 is 0 Å². The van der Waals surface area contributed by atoms with E-state index < -0.39 is 0 Å². The Morgan fingerprint density at radius 2 is 1.71 bits per heavy atom. The Bertz CT molecular complexity index is 677. The van der Waals surface area contributed by atoms with E-state index in [-0.39, 0.29) is 12.5 Å². The monoisotopic (exact) mass is 326 g/mol. The largest absolute Gasteiger partial charge is 0.497 e. The van der Waals surface area contributed by atoms with E-state index in [1.807, 2.05) is 48.5 Å². The number of methoxy groups -OCH3 is 1. The average Bonchev–Trinajstić information content (AvgIpc) is 2.61. The number of nitrogens with one attached hydrogen (secondary N) is 1. The molecule has 0 saturated carbocycles. The van der Waals surface area contributed by atoms with Gasteiger partial charge in [-0.1, -0.05) is 26.0 Å². The lowest BCUT2D eigenvalue weighted by Gasteiger charge is -2.08. The fourth-order valence-electron chi connectivity index (χ4n) is 2.00. The number of carbonyl (C=O) groups is 1. The van der Waals surface area contributed by atoms with Crippen molar-refractivity contribution in [1.82, 2.24) is 5.43 Å².